The molecule has 0 saturated carbocycles. The number of nitrogens with one attached hydrogen (secondary N) is 2. The van der Waals surface area contributed by atoms with Crippen molar-refractivity contribution in [3.05, 3.63) is 59.2 Å². The zero-order chi connectivity index (χ0) is 16.4. The Morgan fingerprint density at radius 1 is 1.22 bits per heavy atom. The fraction of sp³-hybridized carbons (Fsp3) is 0.222. The zero-order valence-corrected chi connectivity index (χ0v) is 13.9. The minimum absolute atomic E-state index is 0.0170. The molecule has 1 unspecified atom stereocenters. The highest BCUT2D eigenvalue weighted by Gasteiger charge is 2.22. The SMILES string of the molecule is Cc1ccc(C(=O)NCc2ccc3c(c2)NC(=O)C(C)S3)cc1. The van der Waals surface area contributed by atoms with Gasteiger partial charge in [-0.25, -0.2) is 0 Å². The summed E-state index contributed by atoms with van der Waals surface area (Å²) in [6.07, 6.45) is 0. The Labute approximate surface area is 139 Å². The number of amides is 2. The summed E-state index contributed by atoms with van der Waals surface area (Å²) < 4.78 is 0. The van der Waals surface area contributed by atoms with Gasteiger partial charge in [0.25, 0.3) is 5.91 Å². The molecule has 2 N–H and O–H groups in total. The third-order valence-corrected chi connectivity index (χ3v) is 4.92. The number of thioether (sulfide) groups is 1. The summed E-state index contributed by atoms with van der Waals surface area (Å²) in [5.74, 6) is -0.0851. The van der Waals surface area contributed by atoms with Gasteiger partial charge < -0.3 is 10.6 Å². The van der Waals surface area contributed by atoms with Crippen LogP contribution in [0.5, 0.6) is 0 Å². The van der Waals surface area contributed by atoms with Crippen LogP contribution in [0.1, 0.15) is 28.4 Å². The molecule has 118 valence electrons. The smallest absolute Gasteiger partial charge is 0.251 e. The number of carbonyl (C=O) groups is 2. The first-order valence-electron chi connectivity index (χ1n) is 7.48. The second kappa shape index (κ2) is 6.46. The number of hydrogen-bond acceptors (Lipinski definition) is 3. The molecule has 0 fully saturated rings. The average molecular weight is 326 g/mol. The van der Waals surface area contributed by atoms with Crippen LogP contribution in [-0.2, 0) is 11.3 Å². The van der Waals surface area contributed by atoms with E-state index < -0.39 is 0 Å². The highest BCUT2D eigenvalue weighted by molar-refractivity contribution is 8.00. The predicted molar refractivity (Wildman–Crippen MR) is 92.7 cm³/mol. The molecule has 23 heavy (non-hydrogen) atoms. The van der Waals surface area contributed by atoms with E-state index in [0.29, 0.717) is 12.1 Å². The average Bonchev–Trinajstić information content (AvgIpc) is 2.54. The van der Waals surface area contributed by atoms with Crippen LogP contribution in [0.2, 0.25) is 0 Å². The number of hydrogen-bond donors (Lipinski definition) is 2. The molecule has 1 aliphatic rings. The van der Waals surface area contributed by atoms with Gasteiger partial charge in [0, 0.05) is 17.0 Å². The quantitative estimate of drug-likeness (QED) is 0.909. The summed E-state index contributed by atoms with van der Waals surface area (Å²) in [4.78, 5) is 24.9. The van der Waals surface area contributed by atoms with E-state index >= 15 is 0 Å². The van der Waals surface area contributed by atoms with Crippen LogP contribution in [-0.4, -0.2) is 17.1 Å². The molecule has 5 heteroatoms. The maximum Gasteiger partial charge on any atom is 0.251 e. The minimum atomic E-state index is -0.102. The van der Waals surface area contributed by atoms with Crippen LogP contribution in [0, 0.1) is 6.92 Å². The number of carbonyl (C=O) groups excluding carboxylic acids is 2. The lowest BCUT2D eigenvalue weighted by atomic mass is 10.1. The molecule has 4 nitrogen and oxygen atoms in total. The Balaban J connectivity index is 1.67. The van der Waals surface area contributed by atoms with Crippen molar-refractivity contribution in [3.63, 3.8) is 0 Å². The third-order valence-electron chi connectivity index (χ3n) is 3.74. The van der Waals surface area contributed by atoms with Crippen molar-refractivity contribution in [1.82, 2.24) is 5.32 Å². The zero-order valence-electron chi connectivity index (χ0n) is 13.1. The van der Waals surface area contributed by atoms with Gasteiger partial charge >= 0.3 is 0 Å². The largest absolute Gasteiger partial charge is 0.348 e. The topological polar surface area (TPSA) is 58.2 Å². The Kier molecular flexibility index (Phi) is 4.39. The Bertz CT molecular complexity index is 756. The van der Waals surface area contributed by atoms with Crippen LogP contribution in [0.15, 0.2) is 47.4 Å². The Hall–Kier alpha value is -2.27. The van der Waals surface area contributed by atoms with Gasteiger partial charge in [-0.05, 0) is 43.7 Å². The molecule has 1 heterocycles. The molecule has 0 bridgehead atoms. The van der Waals surface area contributed by atoms with E-state index in [0.717, 1.165) is 21.7 Å². The van der Waals surface area contributed by atoms with Crippen molar-refractivity contribution in [2.75, 3.05) is 5.32 Å². The lowest BCUT2D eigenvalue weighted by molar-refractivity contribution is -0.115. The molecule has 0 radical (unpaired) electrons. The normalized spacial score (nSPS) is 16.4. The Morgan fingerprint density at radius 2 is 1.96 bits per heavy atom. The molecule has 3 rings (SSSR count). The van der Waals surface area contributed by atoms with Crippen LogP contribution < -0.4 is 10.6 Å². The van der Waals surface area contributed by atoms with E-state index in [1.807, 2.05) is 56.3 Å². The lowest BCUT2D eigenvalue weighted by Crippen LogP contribution is -2.27. The summed E-state index contributed by atoms with van der Waals surface area (Å²) >= 11 is 1.55. The van der Waals surface area contributed by atoms with Gasteiger partial charge in [-0.2, -0.15) is 0 Å². The van der Waals surface area contributed by atoms with Crippen LogP contribution in [0.25, 0.3) is 0 Å². The highest BCUT2D eigenvalue weighted by atomic mass is 32.2. The van der Waals surface area contributed by atoms with E-state index in [4.69, 9.17) is 0 Å². The van der Waals surface area contributed by atoms with Crippen molar-refractivity contribution in [2.45, 2.75) is 30.5 Å². The summed E-state index contributed by atoms with van der Waals surface area (Å²) in [6.45, 7) is 4.30. The van der Waals surface area contributed by atoms with E-state index in [2.05, 4.69) is 10.6 Å². The molecule has 2 amide bonds. The summed E-state index contributed by atoms with van der Waals surface area (Å²) in [5.41, 5.74) is 3.55. The molecule has 0 saturated heterocycles. The molecular formula is C18H18N2O2S. The van der Waals surface area contributed by atoms with Crippen LogP contribution in [0.3, 0.4) is 0 Å². The second-order valence-corrected chi connectivity index (χ2v) is 7.01. The third kappa shape index (κ3) is 3.56. The summed E-state index contributed by atoms with van der Waals surface area (Å²) in [5, 5.41) is 5.73. The number of anilines is 1. The molecule has 2 aromatic carbocycles. The van der Waals surface area contributed by atoms with Crippen molar-refractivity contribution in [2.24, 2.45) is 0 Å². The maximum absolute atomic E-state index is 12.1. The lowest BCUT2D eigenvalue weighted by Gasteiger charge is -2.22. The van der Waals surface area contributed by atoms with Gasteiger partial charge in [0.15, 0.2) is 0 Å². The first kappa shape index (κ1) is 15.6. The fourth-order valence-corrected chi connectivity index (χ4v) is 3.29. The van der Waals surface area contributed by atoms with E-state index in [-0.39, 0.29) is 17.1 Å². The Morgan fingerprint density at radius 3 is 2.70 bits per heavy atom. The molecule has 0 aromatic heterocycles. The molecular weight excluding hydrogens is 308 g/mol. The monoisotopic (exact) mass is 326 g/mol. The van der Waals surface area contributed by atoms with E-state index in [1.54, 1.807) is 11.8 Å². The second-order valence-electron chi connectivity index (χ2n) is 5.63. The van der Waals surface area contributed by atoms with Gasteiger partial charge in [-0.15, -0.1) is 11.8 Å². The first-order chi connectivity index (χ1) is 11.0. The van der Waals surface area contributed by atoms with Crippen molar-refractivity contribution in [1.29, 1.82) is 0 Å². The van der Waals surface area contributed by atoms with Gasteiger partial charge in [-0.3, -0.25) is 9.59 Å². The predicted octanol–water partition coefficient (Wildman–Crippen LogP) is 3.36. The fourth-order valence-electron chi connectivity index (χ4n) is 2.36. The maximum atomic E-state index is 12.1. The van der Waals surface area contributed by atoms with E-state index in [9.17, 15) is 9.59 Å². The van der Waals surface area contributed by atoms with Crippen molar-refractivity contribution < 1.29 is 9.59 Å². The number of benzene rings is 2. The van der Waals surface area contributed by atoms with Crippen molar-refractivity contribution in [3.8, 4) is 0 Å². The molecule has 0 aliphatic carbocycles. The molecule has 2 aromatic rings. The number of rotatable bonds is 3. The van der Waals surface area contributed by atoms with Gasteiger partial charge in [0.05, 0.1) is 10.9 Å². The molecule has 0 spiro atoms. The van der Waals surface area contributed by atoms with Gasteiger partial charge in [0.2, 0.25) is 5.91 Å². The van der Waals surface area contributed by atoms with E-state index in [1.165, 1.54) is 0 Å². The summed E-state index contributed by atoms with van der Waals surface area (Å²) in [6, 6.07) is 13.4. The minimum Gasteiger partial charge on any atom is -0.348 e. The summed E-state index contributed by atoms with van der Waals surface area (Å²) in [7, 11) is 0. The number of fused-ring (bicyclic) bond motifs is 1. The van der Waals surface area contributed by atoms with Crippen molar-refractivity contribution >= 4 is 29.3 Å². The number of aryl methyl sites for hydroxylation is 1. The van der Waals surface area contributed by atoms with Crippen LogP contribution in [0.4, 0.5) is 5.69 Å². The van der Waals surface area contributed by atoms with Crippen LogP contribution >= 0.6 is 11.8 Å². The van der Waals surface area contributed by atoms with Gasteiger partial charge in [-0.1, -0.05) is 23.8 Å². The first-order valence-corrected chi connectivity index (χ1v) is 8.36. The molecule has 1 atom stereocenters. The van der Waals surface area contributed by atoms with Gasteiger partial charge in [0.1, 0.15) is 0 Å². The standard InChI is InChI=1S/C18H18N2O2S/c1-11-3-6-14(7-4-11)18(22)19-10-13-5-8-16-15(9-13)20-17(21)12(2)23-16/h3-9,12H,10H2,1-2H3,(H,19,22)(H,20,21). The molecule has 1 aliphatic heterocycles. The highest BCUT2D eigenvalue weighted by Crippen LogP contribution is 2.35.